The molecule has 1 N–H and O–H groups in total. The summed E-state index contributed by atoms with van der Waals surface area (Å²) in [5, 5.41) is 13.8. The number of nitro groups is 1. The van der Waals surface area contributed by atoms with Crippen LogP contribution in [0.4, 0.5) is 15.8 Å². The van der Waals surface area contributed by atoms with Gasteiger partial charge in [-0.15, -0.1) is 11.8 Å². The number of halogens is 1. The van der Waals surface area contributed by atoms with E-state index in [1.807, 2.05) is 18.2 Å². The van der Waals surface area contributed by atoms with E-state index in [4.69, 9.17) is 0 Å². The summed E-state index contributed by atoms with van der Waals surface area (Å²) < 4.78 is 13.6. The van der Waals surface area contributed by atoms with Crippen molar-refractivity contribution in [2.45, 2.75) is 10.9 Å². The van der Waals surface area contributed by atoms with Crippen molar-refractivity contribution in [1.29, 1.82) is 0 Å². The van der Waals surface area contributed by atoms with E-state index in [-0.39, 0.29) is 6.04 Å². The van der Waals surface area contributed by atoms with Crippen LogP contribution in [0.25, 0.3) is 0 Å². The molecule has 102 valence electrons. The highest BCUT2D eigenvalue weighted by molar-refractivity contribution is 7.99. The van der Waals surface area contributed by atoms with Crippen molar-refractivity contribution < 1.29 is 9.31 Å². The minimum absolute atomic E-state index is 0.0945. The molecule has 1 heterocycles. The van der Waals surface area contributed by atoms with Gasteiger partial charge in [-0.2, -0.15) is 4.39 Å². The second kappa shape index (κ2) is 5.13. The van der Waals surface area contributed by atoms with Crippen molar-refractivity contribution >= 4 is 23.1 Å². The number of nitro benzene ring substituents is 1. The molecule has 1 aliphatic heterocycles. The summed E-state index contributed by atoms with van der Waals surface area (Å²) in [6, 6.07) is 12.0. The summed E-state index contributed by atoms with van der Waals surface area (Å²) in [5.41, 5.74) is 1.23. The molecule has 20 heavy (non-hydrogen) atoms. The molecule has 0 spiro atoms. The maximum Gasteiger partial charge on any atom is 0.304 e. The molecule has 0 aromatic heterocycles. The van der Waals surface area contributed by atoms with E-state index in [2.05, 4.69) is 11.4 Å². The van der Waals surface area contributed by atoms with Gasteiger partial charge in [0.15, 0.2) is 0 Å². The molecule has 6 heteroatoms. The molecule has 0 bridgehead atoms. The number of benzene rings is 2. The second-order valence-corrected chi connectivity index (χ2v) is 5.53. The summed E-state index contributed by atoms with van der Waals surface area (Å²) in [7, 11) is 0. The molecule has 1 atom stereocenters. The van der Waals surface area contributed by atoms with E-state index in [1.165, 1.54) is 28.7 Å². The minimum atomic E-state index is -0.820. The first-order chi connectivity index (χ1) is 9.65. The zero-order valence-corrected chi connectivity index (χ0v) is 11.2. The molecular weight excluding hydrogens is 279 g/mol. The molecule has 0 fully saturated rings. The first-order valence-corrected chi connectivity index (χ1v) is 7.06. The van der Waals surface area contributed by atoms with E-state index < -0.39 is 16.4 Å². The van der Waals surface area contributed by atoms with Crippen LogP contribution >= 0.6 is 11.8 Å². The highest BCUT2D eigenvalue weighted by atomic mass is 32.2. The van der Waals surface area contributed by atoms with Crippen LogP contribution in [0.3, 0.4) is 0 Å². The number of thioether (sulfide) groups is 1. The van der Waals surface area contributed by atoms with Crippen LogP contribution in [-0.2, 0) is 0 Å². The smallest absolute Gasteiger partial charge is 0.304 e. The van der Waals surface area contributed by atoms with Gasteiger partial charge < -0.3 is 5.32 Å². The predicted molar refractivity (Wildman–Crippen MR) is 76.6 cm³/mol. The summed E-state index contributed by atoms with van der Waals surface area (Å²) in [6.07, 6.45) is 0. The van der Waals surface area contributed by atoms with Gasteiger partial charge in [-0.05, 0) is 17.7 Å². The highest BCUT2D eigenvalue weighted by Gasteiger charge is 2.23. The Kier molecular flexibility index (Phi) is 3.31. The average molecular weight is 290 g/mol. The fraction of sp³-hybridized carbons (Fsp3) is 0.143. The first kappa shape index (κ1) is 12.9. The van der Waals surface area contributed by atoms with Crippen LogP contribution in [0.2, 0.25) is 0 Å². The van der Waals surface area contributed by atoms with Crippen LogP contribution in [0.1, 0.15) is 11.6 Å². The number of rotatable bonds is 3. The molecule has 0 saturated carbocycles. The number of hydrogen-bond acceptors (Lipinski definition) is 4. The van der Waals surface area contributed by atoms with Gasteiger partial charge in [-0.25, -0.2) is 0 Å². The van der Waals surface area contributed by atoms with Gasteiger partial charge in [-0.3, -0.25) is 10.1 Å². The molecule has 0 radical (unpaired) electrons. The number of hydrogen-bond donors (Lipinski definition) is 1. The van der Waals surface area contributed by atoms with E-state index in [1.54, 1.807) is 11.8 Å². The van der Waals surface area contributed by atoms with E-state index in [0.717, 1.165) is 5.75 Å². The van der Waals surface area contributed by atoms with Gasteiger partial charge in [0.1, 0.15) is 0 Å². The fourth-order valence-electron chi connectivity index (χ4n) is 2.23. The molecule has 4 nitrogen and oxygen atoms in total. The first-order valence-electron chi connectivity index (χ1n) is 6.07. The lowest BCUT2D eigenvalue weighted by molar-refractivity contribution is -0.387. The largest absolute Gasteiger partial charge is 0.377 e. The van der Waals surface area contributed by atoms with Crippen molar-refractivity contribution in [3.05, 3.63) is 64.0 Å². The Labute approximate surface area is 119 Å². The maximum atomic E-state index is 13.6. The summed E-state index contributed by atoms with van der Waals surface area (Å²) in [6.45, 7) is 0. The highest BCUT2D eigenvalue weighted by Crippen LogP contribution is 2.39. The molecular formula is C14H11FN2O2S. The van der Waals surface area contributed by atoms with Gasteiger partial charge in [0, 0.05) is 28.5 Å². The lowest BCUT2D eigenvalue weighted by atomic mass is 10.1. The van der Waals surface area contributed by atoms with Gasteiger partial charge in [-0.1, -0.05) is 18.2 Å². The zero-order valence-electron chi connectivity index (χ0n) is 10.4. The molecule has 3 rings (SSSR count). The normalized spacial score (nSPS) is 16.8. The Balaban J connectivity index is 1.83. The van der Waals surface area contributed by atoms with Crippen LogP contribution in [-0.4, -0.2) is 10.7 Å². The Hall–Kier alpha value is -2.08. The van der Waals surface area contributed by atoms with Crippen LogP contribution < -0.4 is 5.32 Å². The number of fused-ring (bicyclic) bond motifs is 1. The van der Waals surface area contributed by atoms with Crippen molar-refractivity contribution in [3.8, 4) is 0 Å². The Bertz CT molecular complexity index is 678. The van der Waals surface area contributed by atoms with Crippen molar-refractivity contribution in [3.63, 3.8) is 0 Å². The molecule has 2 aromatic rings. The summed E-state index contributed by atoms with van der Waals surface area (Å²) in [4.78, 5) is 11.1. The third-order valence-corrected chi connectivity index (χ3v) is 4.37. The minimum Gasteiger partial charge on any atom is -0.377 e. The maximum absolute atomic E-state index is 13.6. The van der Waals surface area contributed by atoms with Crippen LogP contribution in [0, 0.1) is 15.9 Å². The van der Waals surface area contributed by atoms with E-state index in [9.17, 15) is 14.5 Å². The van der Waals surface area contributed by atoms with E-state index >= 15 is 0 Å². The SMILES string of the molecule is O=[N+]([O-])c1ccc(NC2CSc3ccccc32)cc1F. The molecule has 1 aliphatic rings. The average Bonchev–Trinajstić information content (AvgIpc) is 2.82. The standard InChI is InChI=1S/C14H11FN2O2S/c15-11-7-9(5-6-13(11)17(18)19)16-12-8-20-14-4-2-1-3-10(12)14/h1-7,12,16H,8H2. The monoisotopic (exact) mass is 290 g/mol. The van der Waals surface area contributed by atoms with Gasteiger partial charge in [0.2, 0.25) is 5.82 Å². The van der Waals surface area contributed by atoms with Crippen molar-refractivity contribution in [2.24, 2.45) is 0 Å². The van der Waals surface area contributed by atoms with Gasteiger partial charge in [0.25, 0.3) is 0 Å². The lowest BCUT2D eigenvalue weighted by Crippen LogP contribution is -2.10. The molecule has 1 unspecified atom stereocenters. The van der Waals surface area contributed by atoms with Crippen molar-refractivity contribution in [1.82, 2.24) is 0 Å². The Morgan fingerprint density at radius 1 is 1.30 bits per heavy atom. The fourth-order valence-corrected chi connectivity index (χ4v) is 3.39. The lowest BCUT2D eigenvalue weighted by Gasteiger charge is -2.14. The van der Waals surface area contributed by atoms with Gasteiger partial charge >= 0.3 is 5.69 Å². The molecule has 0 amide bonds. The summed E-state index contributed by atoms with van der Waals surface area (Å²) in [5.74, 6) is 0.0387. The Morgan fingerprint density at radius 2 is 2.10 bits per heavy atom. The molecule has 2 aromatic carbocycles. The zero-order chi connectivity index (χ0) is 14.1. The number of nitrogens with zero attached hydrogens (tertiary/aromatic N) is 1. The third-order valence-electron chi connectivity index (χ3n) is 3.19. The number of anilines is 1. The van der Waals surface area contributed by atoms with Crippen molar-refractivity contribution in [2.75, 3.05) is 11.1 Å². The second-order valence-electron chi connectivity index (χ2n) is 4.47. The van der Waals surface area contributed by atoms with Crippen LogP contribution in [0.5, 0.6) is 0 Å². The van der Waals surface area contributed by atoms with E-state index in [0.29, 0.717) is 5.69 Å². The third kappa shape index (κ3) is 2.34. The predicted octanol–water partition coefficient (Wildman–Crippen LogP) is 3.99. The summed E-state index contributed by atoms with van der Waals surface area (Å²) >= 11 is 1.74. The molecule has 0 saturated heterocycles. The quantitative estimate of drug-likeness (QED) is 0.686. The number of nitrogens with one attached hydrogen (secondary N) is 1. The topological polar surface area (TPSA) is 55.2 Å². The molecule has 0 aliphatic carbocycles. The van der Waals surface area contributed by atoms with Crippen LogP contribution in [0.15, 0.2) is 47.4 Å². The Morgan fingerprint density at radius 3 is 2.85 bits per heavy atom. The van der Waals surface area contributed by atoms with Gasteiger partial charge in [0.05, 0.1) is 11.0 Å².